The molecule has 4 heteroatoms. The van der Waals surface area contributed by atoms with E-state index in [1.165, 1.54) is 11.8 Å². The Morgan fingerprint density at radius 1 is 2.00 bits per heavy atom. The lowest BCUT2D eigenvalue weighted by Crippen LogP contribution is -2.18. The highest BCUT2D eigenvalue weighted by Gasteiger charge is 2.17. The number of thioether (sulfide) groups is 1. The summed E-state index contributed by atoms with van der Waals surface area (Å²) >= 11 is 3.54. The minimum Gasteiger partial charge on any atom is -0.334 e. The van der Waals surface area contributed by atoms with Gasteiger partial charge >= 0.3 is 0 Å². The number of carbonyl (C=O) groups excluding carboxylic acids is 1. The predicted molar refractivity (Wildman–Crippen MR) is 38.8 cm³/mol. The van der Waals surface area contributed by atoms with E-state index in [9.17, 15) is 4.79 Å². The molecule has 0 radical (unpaired) electrons. The van der Waals surface area contributed by atoms with Gasteiger partial charge in [0.2, 0.25) is 0 Å². The van der Waals surface area contributed by atoms with Crippen molar-refractivity contribution in [1.82, 2.24) is 5.32 Å². The zero-order valence-corrected chi connectivity index (χ0v) is 6.45. The molecule has 0 aromatic heterocycles. The number of hydrogen-bond acceptors (Lipinski definition) is 2. The summed E-state index contributed by atoms with van der Waals surface area (Å²) in [5, 5.41) is 2.84. The predicted octanol–water partition coefficient (Wildman–Crippen LogP) is 1.20. The van der Waals surface area contributed by atoms with Crippen LogP contribution in [0, 0.1) is 0 Å². The molecule has 1 aliphatic heterocycles. The van der Waals surface area contributed by atoms with Gasteiger partial charge < -0.3 is 5.32 Å². The number of hydrogen-bond donors (Lipinski definition) is 1. The maximum atomic E-state index is 10.3. The van der Waals surface area contributed by atoms with Gasteiger partial charge in [0.25, 0.3) is 5.24 Å². The van der Waals surface area contributed by atoms with Gasteiger partial charge in [-0.1, -0.05) is 34.4 Å². The van der Waals surface area contributed by atoms with Crippen molar-refractivity contribution >= 4 is 39.6 Å². The van der Waals surface area contributed by atoms with Crippen molar-refractivity contribution in [2.24, 2.45) is 0 Å². The van der Waals surface area contributed by atoms with Gasteiger partial charge in [0, 0.05) is 5.75 Å². The zero-order valence-electron chi connectivity index (χ0n) is 3.48. The second-order valence-electron chi connectivity index (χ2n) is 1.21. The molecule has 1 aliphatic rings. The highest BCUT2D eigenvalue weighted by molar-refractivity contribution is 14.1. The van der Waals surface area contributed by atoms with E-state index in [0.717, 1.165) is 5.75 Å². The van der Waals surface area contributed by atoms with Gasteiger partial charge in [-0.2, -0.15) is 0 Å². The normalized spacial score (nSPS) is 30.4. The van der Waals surface area contributed by atoms with E-state index in [1.54, 1.807) is 0 Å². The molecule has 0 saturated carbocycles. The minimum absolute atomic E-state index is 0.111. The fourth-order valence-electron chi connectivity index (χ4n) is 0.360. The van der Waals surface area contributed by atoms with Crippen LogP contribution in [0.1, 0.15) is 0 Å². The molecule has 1 N–H and O–H groups in total. The summed E-state index contributed by atoms with van der Waals surface area (Å²) in [6.45, 7) is 0. The summed E-state index contributed by atoms with van der Waals surface area (Å²) in [6.07, 6.45) is 0. The molecule has 0 aromatic rings. The lowest BCUT2D eigenvalue weighted by atomic mass is 10.8. The van der Waals surface area contributed by atoms with E-state index < -0.39 is 0 Å². The van der Waals surface area contributed by atoms with Crippen molar-refractivity contribution in [1.29, 1.82) is 0 Å². The fourth-order valence-corrected chi connectivity index (χ4v) is 2.00. The minimum atomic E-state index is 0.111. The Kier molecular flexibility index (Phi) is 1.80. The summed E-state index contributed by atoms with van der Waals surface area (Å²) in [5.74, 6) is 0.916. The van der Waals surface area contributed by atoms with E-state index in [2.05, 4.69) is 27.9 Å². The molecule has 1 unspecified atom stereocenters. The third-order valence-electron chi connectivity index (χ3n) is 0.635. The number of alkyl halides is 1. The van der Waals surface area contributed by atoms with Crippen LogP contribution >= 0.6 is 34.4 Å². The molecule has 1 heterocycles. The van der Waals surface area contributed by atoms with Crippen molar-refractivity contribution in [2.75, 3.05) is 5.75 Å². The first-order valence-corrected chi connectivity index (χ1v) is 4.09. The SMILES string of the molecule is O=C1NC(I)CS1. The Morgan fingerprint density at radius 2 is 2.71 bits per heavy atom. The summed E-state index contributed by atoms with van der Waals surface area (Å²) in [6, 6.07) is 0. The van der Waals surface area contributed by atoms with Crippen molar-refractivity contribution in [3.8, 4) is 0 Å². The van der Waals surface area contributed by atoms with E-state index in [0.29, 0.717) is 4.05 Å². The standard InChI is InChI=1S/C3H4INOS/c4-2-1-7-3(6)5-2/h2H,1H2,(H,5,6). The second-order valence-corrected chi connectivity index (χ2v) is 3.71. The highest BCUT2D eigenvalue weighted by atomic mass is 127. The molecule has 1 atom stereocenters. The van der Waals surface area contributed by atoms with Crippen LogP contribution in [0.15, 0.2) is 0 Å². The molecule has 0 aromatic carbocycles. The van der Waals surface area contributed by atoms with Crippen LogP contribution in [0.25, 0.3) is 0 Å². The van der Waals surface area contributed by atoms with Gasteiger partial charge in [0.1, 0.15) is 0 Å². The van der Waals surface area contributed by atoms with Gasteiger partial charge in [0.15, 0.2) is 0 Å². The van der Waals surface area contributed by atoms with E-state index in [-0.39, 0.29) is 5.24 Å². The van der Waals surface area contributed by atoms with Gasteiger partial charge in [-0.25, -0.2) is 0 Å². The summed E-state index contributed by atoms with van der Waals surface area (Å²) in [4.78, 5) is 10.3. The van der Waals surface area contributed by atoms with E-state index >= 15 is 0 Å². The van der Waals surface area contributed by atoms with Crippen LogP contribution in [0.5, 0.6) is 0 Å². The molecular formula is C3H4INOS. The number of nitrogens with one attached hydrogen (secondary N) is 1. The molecule has 0 spiro atoms. The quantitative estimate of drug-likeness (QED) is 0.384. The third-order valence-corrected chi connectivity index (χ3v) is 2.86. The van der Waals surface area contributed by atoms with E-state index in [1.807, 2.05) is 0 Å². The number of carbonyl (C=O) groups is 1. The monoisotopic (exact) mass is 229 g/mol. The lowest BCUT2D eigenvalue weighted by molar-refractivity contribution is 0.262. The average Bonchev–Trinajstić information content (AvgIpc) is 1.87. The number of amides is 1. The Labute approximate surface area is 59.6 Å². The molecule has 0 bridgehead atoms. The van der Waals surface area contributed by atoms with Gasteiger partial charge in [-0.15, -0.1) is 0 Å². The fraction of sp³-hybridized carbons (Fsp3) is 0.667. The Bertz CT molecular complexity index is 96.9. The van der Waals surface area contributed by atoms with Crippen LogP contribution < -0.4 is 5.32 Å². The summed E-state index contributed by atoms with van der Waals surface area (Å²) in [5.41, 5.74) is 0. The Balaban J connectivity index is 2.40. The Hall–Kier alpha value is 0.550. The van der Waals surface area contributed by atoms with Crippen LogP contribution in [-0.2, 0) is 0 Å². The first-order valence-electron chi connectivity index (χ1n) is 1.86. The van der Waals surface area contributed by atoms with Crippen molar-refractivity contribution in [3.05, 3.63) is 0 Å². The maximum absolute atomic E-state index is 10.3. The molecule has 1 rings (SSSR count). The second kappa shape index (κ2) is 2.21. The molecule has 1 amide bonds. The average molecular weight is 229 g/mol. The lowest BCUT2D eigenvalue weighted by Gasteiger charge is -1.91. The van der Waals surface area contributed by atoms with Crippen molar-refractivity contribution < 1.29 is 4.79 Å². The van der Waals surface area contributed by atoms with E-state index in [4.69, 9.17) is 0 Å². The van der Waals surface area contributed by atoms with Gasteiger partial charge in [-0.05, 0) is 0 Å². The van der Waals surface area contributed by atoms with Gasteiger partial charge in [-0.3, -0.25) is 4.79 Å². The van der Waals surface area contributed by atoms with Crippen LogP contribution in [0.3, 0.4) is 0 Å². The molecule has 40 valence electrons. The molecule has 1 fully saturated rings. The number of halogens is 1. The Morgan fingerprint density at radius 3 is 2.86 bits per heavy atom. The largest absolute Gasteiger partial charge is 0.334 e. The van der Waals surface area contributed by atoms with Crippen LogP contribution in [0.4, 0.5) is 4.79 Å². The third kappa shape index (κ3) is 1.49. The summed E-state index contributed by atoms with van der Waals surface area (Å²) in [7, 11) is 0. The van der Waals surface area contributed by atoms with Crippen LogP contribution in [0.2, 0.25) is 0 Å². The molecule has 2 nitrogen and oxygen atoms in total. The number of rotatable bonds is 0. The smallest absolute Gasteiger partial charge is 0.280 e. The highest BCUT2D eigenvalue weighted by Crippen LogP contribution is 2.16. The van der Waals surface area contributed by atoms with Crippen molar-refractivity contribution in [2.45, 2.75) is 4.05 Å². The zero-order chi connectivity index (χ0) is 5.28. The first kappa shape index (κ1) is 5.68. The van der Waals surface area contributed by atoms with Crippen molar-refractivity contribution in [3.63, 3.8) is 0 Å². The van der Waals surface area contributed by atoms with Crippen LogP contribution in [-0.4, -0.2) is 15.0 Å². The topological polar surface area (TPSA) is 29.1 Å². The van der Waals surface area contributed by atoms with Gasteiger partial charge in [0.05, 0.1) is 4.05 Å². The molecule has 1 saturated heterocycles. The molecular weight excluding hydrogens is 225 g/mol. The maximum Gasteiger partial charge on any atom is 0.280 e. The summed E-state index contributed by atoms with van der Waals surface area (Å²) < 4.78 is 0.357. The molecule has 7 heavy (non-hydrogen) atoms. The molecule has 0 aliphatic carbocycles. The first-order chi connectivity index (χ1) is 3.29.